The van der Waals surface area contributed by atoms with Gasteiger partial charge in [-0.2, -0.15) is 0 Å². The summed E-state index contributed by atoms with van der Waals surface area (Å²) in [6.45, 7) is 8.17. The Morgan fingerprint density at radius 1 is 0.838 bits per heavy atom. The number of esters is 1. The fourth-order valence-corrected chi connectivity index (χ4v) is 7.08. The van der Waals surface area contributed by atoms with Crippen molar-refractivity contribution in [2.45, 2.75) is 13.8 Å². The molecule has 0 unspecified atom stereocenters. The summed E-state index contributed by atoms with van der Waals surface area (Å²) in [7, 11) is -0.397. The number of carbonyl (C=O) groups excluding carboxylic acids is 1. The van der Waals surface area contributed by atoms with Gasteiger partial charge in [-0.15, -0.1) is 0 Å². The second kappa shape index (κ2) is 10.4. The number of hydrogen-bond acceptors (Lipinski definition) is 4. The van der Waals surface area contributed by atoms with E-state index in [9.17, 15) is 9.59 Å². The van der Waals surface area contributed by atoms with Gasteiger partial charge >= 0.3 is 5.97 Å². The molecule has 1 heterocycles. The molecule has 184 valence electrons. The van der Waals surface area contributed by atoms with E-state index in [0.717, 1.165) is 47.5 Å². The number of ether oxygens (including phenoxy) is 2. The van der Waals surface area contributed by atoms with Crippen LogP contribution in [0, 0.1) is 13.8 Å². The Balaban J connectivity index is 1.39. The van der Waals surface area contributed by atoms with Gasteiger partial charge in [0.25, 0.3) is 0 Å². The Morgan fingerprint density at radius 2 is 1.41 bits per heavy atom. The van der Waals surface area contributed by atoms with Crippen molar-refractivity contribution in [2.24, 2.45) is 0 Å². The lowest BCUT2D eigenvalue weighted by Gasteiger charge is -2.13. The minimum Gasteiger partial charge on any atom is -0.489 e. The first-order valence-corrected chi connectivity index (χ1v) is 13.3. The van der Waals surface area contributed by atoms with Gasteiger partial charge in [0, 0.05) is 22.6 Å². The summed E-state index contributed by atoms with van der Waals surface area (Å²) in [4.78, 5) is 26.6. The molecule has 5 rings (SSSR count). The van der Waals surface area contributed by atoms with Crippen molar-refractivity contribution in [2.75, 3.05) is 13.2 Å². The van der Waals surface area contributed by atoms with E-state index in [1.807, 2.05) is 62.4 Å². The van der Waals surface area contributed by atoms with Gasteiger partial charge in [-0.05, 0) is 66.9 Å². The maximum absolute atomic E-state index is 13.1. The van der Waals surface area contributed by atoms with Crippen molar-refractivity contribution in [3.05, 3.63) is 124 Å². The van der Waals surface area contributed by atoms with Crippen LogP contribution in [0.15, 0.2) is 96.3 Å². The van der Waals surface area contributed by atoms with E-state index >= 15 is 0 Å². The first-order valence-electron chi connectivity index (χ1n) is 12.1. The lowest BCUT2D eigenvalue weighted by molar-refractivity contribution is 0.0450. The minimum atomic E-state index is -0.397. The van der Waals surface area contributed by atoms with E-state index < -0.39 is 10.5 Å². The molecule has 0 N–H and O–H groups in total. The molecule has 0 saturated carbocycles. The van der Waals surface area contributed by atoms with Crippen molar-refractivity contribution in [1.82, 2.24) is 0 Å². The van der Waals surface area contributed by atoms with Gasteiger partial charge in [0.1, 0.15) is 19.0 Å². The normalized spacial score (nSPS) is 11.0. The Morgan fingerprint density at radius 3 is 1.97 bits per heavy atom. The monoisotopic (exact) mass is 507 g/mol. The number of hydrogen-bond donors (Lipinski definition) is 0. The molecule has 0 spiro atoms. The second-order valence-corrected chi connectivity index (χ2v) is 10.8. The van der Waals surface area contributed by atoms with Crippen molar-refractivity contribution in [1.29, 1.82) is 0 Å². The summed E-state index contributed by atoms with van der Waals surface area (Å²) >= 11 is 0. The van der Waals surface area contributed by atoms with E-state index in [0.29, 0.717) is 5.56 Å². The molecule has 0 fully saturated rings. The smallest absolute Gasteiger partial charge is 0.338 e. The van der Waals surface area contributed by atoms with Crippen LogP contribution in [0.2, 0.25) is 0 Å². The molecule has 37 heavy (non-hydrogen) atoms. The van der Waals surface area contributed by atoms with Crippen LogP contribution in [-0.4, -0.2) is 19.2 Å². The highest BCUT2D eigenvalue weighted by molar-refractivity contribution is 7.49. The average molecular weight is 508 g/mol. The van der Waals surface area contributed by atoms with E-state index in [4.69, 9.17) is 9.47 Å². The average Bonchev–Trinajstić information content (AvgIpc) is 2.92. The minimum absolute atomic E-state index is 0.0783. The molecule has 0 aliphatic carbocycles. The van der Waals surface area contributed by atoms with Crippen LogP contribution in [0.25, 0.3) is 31.1 Å². The lowest BCUT2D eigenvalue weighted by atomic mass is 10.1. The van der Waals surface area contributed by atoms with Gasteiger partial charge in [0.15, 0.2) is 14.3 Å². The molecule has 5 heteroatoms. The summed E-state index contributed by atoms with van der Waals surface area (Å²) < 4.78 is 13.5. The zero-order valence-corrected chi connectivity index (χ0v) is 21.6. The maximum Gasteiger partial charge on any atom is 0.338 e. The van der Waals surface area contributed by atoms with Gasteiger partial charge in [-0.1, -0.05) is 49.1 Å². The molecule has 0 bridgehead atoms. The molecule has 1 aromatic heterocycles. The summed E-state index contributed by atoms with van der Waals surface area (Å²) in [6, 6.07) is 27.2. The van der Waals surface area contributed by atoms with Gasteiger partial charge in [0.05, 0.1) is 16.3 Å². The van der Waals surface area contributed by atoms with E-state index in [1.54, 1.807) is 18.2 Å². The number of rotatable bonds is 7. The molecule has 0 saturated heterocycles. The Kier molecular flexibility index (Phi) is 6.89. The third-order valence-electron chi connectivity index (χ3n) is 6.32. The van der Waals surface area contributed by atoms with Crippen molar-refractivity contribution in [3.63, 3.8) is 0 Å². The van der Waals surface area contributed by atoms with Crippen molar-refractivity contribution in [3.8, 4) is 10.6 Å². The maximum atomic E-state index is 13.1. The third kappa shape index (κ3) is 4.78. The van der Waals surface area contributed by atoms with Crippen LogP contribution in [0.1, 0.15) is 27.0 Å². The Bertz CT molecular complexity index is 1610. The largest absolute Gasteiger partial charge is 0.489 e. The van der Waals surface area contributed by atoms with Gasteiger partial charge in [-0.3, -0.25) is 4.79 Å². The highest BCUT2D eigenvalue weighted by atomic mass is 32.2. The summed E-state index contributed by atoms with van der Waals surface area (Å²) in [5.41, 5.74) is 3.52. The van der Waals surface area contributed by atoms with E-state index in [1.165, 1.54) is 0 Å². The number of aryl methyl sites for hydroxylation is 2. The van der Waals surface area contributed by atoms with Crippen LogP contribution in [0.3, 0.4) is 0 Å². The number of benzene rings is 4. The molecule has 4 nitrogen and oxygen atoms in total. The fraction of sp³-hybridized carbons (Fsp3) is 0.125. The Hall–Kier alpha value is -4.22. The highest BCUT2D eigenvalue weighted by Crippen LogP contribution is 2.45. The quantitative estimate of drug-likeness (QED) is 0.0986. The summed E-state index contributed by atoms with van der Waals surface area (Å²) in [5.74, 6) is 0.404. The van der Waals surface area contributed by atoms with Gasteiger partial charge in [-0.25, -0.2) is 4.79 Å². The summed E-state index contributed by atoms with van der Waals surface area (Å²) in [5, 5.41) is 1.53. The number of fused-ring (bicyclic) bond motifs is 2. The standard InChI is InChI=1S/C32H27O4S/c1-4-23-13-15-24(16-14-23)32(34)36-18-17-35-31-21(2)19-25(20-22(31)3)37-28-11-7-5-9-26(28)30(33)27-10-6-8-12-29(27)37/h4-16,19-20H,1,17-18H2,2-3H3/q+1. The van der Waals surface area contributed by atoms with E-state index in [-0.39, 0.29) is 24.6 Å². The zero-order chi connectivity index (χ0) is 25.9. The third-order valence-corrected chi connectivity index (χ3v) is 8.62. The first-order chi connectivity index (χ1) is 18.0. The lowest BCUT2D eigenvalue weighted by Crippen LogP contribution is -2.13. The predicted octanol–water partition coefficient (Wildman–Crippen LogP) is 7.59. The molecule has 0 aliphatic heterocycles. The van der Waals surface area contributed by atoms with Crippen LogP contribution < -0.4 is 10.2 Å². The van der Waals surface area contributed by atoms with Crippen LogP contribution in [-0.2, 0) is 4.74 Å². The SMILES string of the molecule is C=Cc1ccc(C(=O)OCCOc2c(C)cc(-[s+]3c4ccccc4c(=O)c4ccccc43)cc2C)cc1. The predicted molar refractivity (Wildman–Crippen MR) is 153 cm³/mol. The summed E-state index contributed by atoms with van der Waals surface area (Å²) in [6.07, 6.45) is 1.73. The highest BCUT2D eigenvalue weighted by Gasteiger charge is 2.24. The topological polar surface area (TPSA) is 52.6 Å². The van der Waals surface area contributed by atoms with Gasteiger partial charge in [0.2, 0.25) is 5.43 Å². The van der Waals surface area contributed by atoms with Gasteiger partial charge < -0.3 is 9.47 Å². The van der Waals surface area contributed by atoms with Crippen molar-refractivity contribution >= 4 is 42.7 Å². The molecule has 0 atom stereocenters. The van der Waals surface area contributed by atoms with Crippen molar-refractivity contribution < 1.29 is 14.3 Å². The molecule has 0 radical (unpaired) electrons. The number of carbonyl (C=O) groups is 1. The molecule has 0 amide bonds. The van der Waals surface area contributed by atoms with E-state index in [2.05, 4.69) is 30.8 Å². The van der Waals surface area contributed by atoms with Crippen LogP contribution in [0.5, 0.6) is 5.75 Å². The van der Waals surface area contributed by atoms with Crippen LogP contribution >= 0.6 is 10.5 Å². The fourth-order valence-electron chi connectivity index (χ4n) is 4.55. The molecular weight excluding hydrogens is 480 g/mol. The second-order valence-electron chi connectivity index (χ2n) is 8.82. The zero-order valence-electron chi connectivity index (χ0n) is 20.8. The molecule has 5 aromatic rings. The molecule has 0 aliphatic rings. The molecule has 4 aromatic carbocycles. The van der Waals surface area contributed by atoms with Crippen LogP contribution in [0.4, 0.5) is 0 Å². The Labute approximate surface area is 218 Å². The molecular formula is C32H27O4S+. The first kappa shape index (κ1) is 24.5.